The molecule has 0 spiro atoms. The number of rotatable bonds is 6. The van der Waals surface area contributed by atoms with Crippen molar-refractivity contribution in [2.75, 3.05) is 6.54 Å². The molecule has 1 heterocycles. The van der Waals surface area contributed by atoms with Crippen molar-refractivity contribution < 1.29 is 14.7 Å². The molecule has 0 saturated heterocycles. The van der Waals surface area contributed by atoms with E-state index < -0.39 is 5.97 Å². The van der Waals surface area contributed by atoms with Crippen LogP contribution in [0.3, 0.4) is 0 Å². The molecule has 21 heavy (non-hydrogen) atoms. The number of hydrogen-bond donors (Lipinski definition) is 2. The predicted octanol–water partition coefficient (Wildman–Crippen LogP) is 2.38. The van der Waals surface area contributed by atoms with Crippen molar-refractivity contribution >= 4 is 11.9 Å². The number of carbonyl (C=O) groups is 2. The van der Waals surface area contributed by atoms with Crippen LogP contribution in [0.2, 0.25) is 0 Å². The summed E-state index contributed by atoms with van der Waals surface area (Å²) in [5.41, 5.74) is 2.50. The van der Waals surface area contributed by atoms with Crippen LogP contribution in [0.25, 0.3) is 5.69 Å². The van der Waals surface area contributed by atoms with Gasteiger partial charge in [0, 0.05) is 36.6 Å². The zero-order valence-corrected chi connectivity index (χ0v) is 11.9. The van der Waals surface area contributed by atoms with Gasteiger partial charge in [0.25, 0.3) is 5.91 Å². The van der Waals surface area contributed by atoms with Crippen LogP contribution in [0.15, 0.2) is 42.7 Å². The fraction of sp³-hybridized carbons (Fsp3) is 0.250. The molecular weight excluding hydrogens is 268 g/mol. The standard InChI is InChI=1S/C16H18N2O3/c1-12-11-13(18-9-2-3-10-18)6-7-14(12)16(21)17-8-4-5-15(19)20/h2-3,6-7,9-11H,4-5,8H2,1H3,(H,17,21)(H,19,20). The first kappa shape index (κ1) is 14.8. The second kappa shape index (κ2) is 6.74. The topological polar surface area (TPSA) is 71.3 Å². The Kier molecular flexibility index (Phi) is 4.77. The van der Waals surface area contributed by atoms with Crippen molar-refractivity contribution in [3.05, 3.63) is 53.9 Å². The van der Waals surface area contributed by atoms with Crippen LogP contribution >= 0.6 is 0 Å². The van der Waals surface area contributed by atoms with Crippen LogP contribution in [0.1, 0.15) is 28.8 Å². The maximum absolute atomic E-state index is 12.0. The summed E-state index contributed by atoms with van der Waals surface area (Å²) in [6.45, 7) is 2.25. The summed E-state index contributed by atoms with van der Waals surface area (Å²) in [7, 11) is 0. The second-order valence-corrected chi connectivity index (χ2v) is 4.84. The molecule has 0 aliphatic rings. The molecule has 5 heteroatoms. The van der Waals surface area contributed by atoms with Crippen molar-refractivity contribution in [3.8, 4) is 5.69 Å². The highest BCUT2D eigenvalue weighted by Crippen LogP contribution is 2.15. The molecule has 5 nitrogen and oxygen atoms in total. The zero-order valence-electron chi connectivity index (χ0n) is 11.9. The second-order valence-electron chi connectivity index (χ2n) is 4.84. The van der Waals surface area contributed by atoms with Crippen molar-refractivity contribution in [3.63, 3.8) is 0 Å². The minimum absolute atomic E-state index is 0.0613. The van der Waals surface area contributed by atoms with Crippen molar-refractivity contribution in [1.82, 2.24) is 9.88 Å². The highest BCUT2D eigenvalue weighted by molar-refractivity contribution is 5.95. The van der Waals surface area contributed by atoms with Gasteiger partial charge in [-0.15, -0.1) is 0 Å². The van der Waals surface area contributed by atoms with Gasteiger partial charge in [-0.05, 0) is 49.2 Å². The largest absolute Gasteiger partial charge is 0.481 e. The third-order valence-electron chi connectivity index (χ3n) is 3.21. The third-order valence-corrected chi connectivity index (χ3v) is 3.21. The number of nitrogens with zero attached hydrogens (tertiary/aromatic N) is 1. The van der Waals surface area contributed by atoms with E-state index in [1.165, 1.54) is 0 Å². The monoisotopic (exact) mass is 286 g/mol. The van der Waals surface area contributed by atoms with Crippen molar-refractivity contribution in [2.24, 2.45) is 0 Å². The van der Waals surface area contributed by atoms with Crippen molar-refractivity contribution in [2.45, 2.75) is 19.8 Å². The average molecular weight is 286 g/mol. The van der Waals surface area contributed by atoms with Crippen molar-refractivity contribution in [1.29, 1.82) is 0 Å². The maximum atomic E-state index is 12.0. The number of carbonyl (C=O) groups excluding carboxylic acids is 1. The summed E-state index contributed by atoms with van der Waals surface area (Å²) in [5.74, 6) is -1.02. The maximum Gasteiger partial charge on any atom is 0.303 e. The van der Waals surface area contributed by atoms with Gasteiger partial charge in [-0.25, -0.2) is 0 Å². The fourth-order valence-electron chi connectivity index (χ4n) is 2.11. The summed E-state index contributed by atoms with van der Waals surface area (Å²) in [4.78, 5) is 22.4. The summed E-state index contributed by atoms with van der Waals surface area (Å²) >= 11 is 0. The Bertz CT molecular complexity index is 633. The van der Waals surface area contributed by atoms with E-state index in [0.717, 1.165) is 11.3 Å². The van der Waals surface area contributed by atoms with Gasteiger partial charge < -0.3 is 15.0 Å². The van der Waals surface area contributed by atoms with E-state index in [1.807, 2.05) is 48.1 Å². The highest BCUT2D eigenvalue weighted by atomic mass is 16.4. The molecule has 0 unspecified atom stereocenters. The van der Waals surface area contributed by atoms with E-state index >= 15 is 0 Å². The first-order valence-electron chi connectivity index (χ1n) is 6.82. The Morgan fingerprint density at radius 1 is 1.24 bits per heavy atom. The SMILES string of the molecule is Cc1cc(-n2cccc2)ccc1C(=O)NCCCC(=O)O. The lowest BCUT2D eigenvalue weighted by Gasteiger charge is -2.10. The number of hydrogen-bond acceptors (Lipinski definition) is 2. The van der Waals surface area contributed by atoms with Crippen LogP contribution in [0, 0.1) is 6.92 Å². The van der Waals surface area contributed by atoms with Crippen LogP contribution in [0.4, 0.5) is 0 Å². The quantitative estimate of drug-likeness (QED) is 0.801. The van der Waals surface area contributed by atoms with Gasteiger partial charge >= 0.3 is 5.97 Å². The van der Waals surface area contributed by atoms with Gasteiger partial charge in [-0.1, -0.05) is 0 Å². The molecule has 0 aliphatic heterocycles. The molecule has 0 bridgehead atoms. The molecule has 0 saturated carbocycles. The van der Waals surface area contributed by atoms with E-state index in [-0.39, 0.29) is 12.3 Å². The minimum Gasteiger partial charge on any atom is -0.481 e. The number of carboxylic acid groups (broad SMARTS) is 1. The number of carboxylic acids is 1. The van der Waals surface area contributed by atoms with Gasteiger partial charge in [0.15, 0.2) is 0 Å². The molecule has 110 valence electrons. The molecule has 2 aromatic rings. The molecule has 0 atom stereocenters. The molecular formula is C16H18N2O3. The van der Waals surface area contributed by atoms with Gasteiger partial charge in [-0.2, -0.15) is 0 Å². The molecule has 1 aromatic carbocycles. The molecule has 1 amide bonds. The van der Waals surface area contributed by atoms with Gasteiger partial charge in [0.2, 0.25) is 0 Å². The molecule has 2 N–H and O–H groups in total. The van der Waals surface area contributed by atoms with Crippen LogP contribution < -0.4 is 5.32 Å². The van der Waals surface area contributed by atoms with Gasteiger partial charge in [0.05, 0.1) is 0 Å². The molecule has 0 aliphatic carbocycles. The predicted molar refractivity (Wildman–Crippen MR) is 79.7 cm³/mol. The normalized spacial score (nSPS) is 10.3. The van der Waals surface area contributed by atoms with Crippen LogP contribution in [0.5, 0.6) is 0 Å². The number of aryl methyl sites for hydroxylation is 1. The van der Waals surface area contributed by atoms with E-state index in [0.29, 0.717) is 18.5 Å². The fourth-order valence-corrected chi connectivity index (χ4v) is 2.11. The Hall–Kier alpha value is -2.56. The molecule has 1 aromatic heterocycles. The zero-order chi connectivity index (χ0) is 15.2. The van der Waals surface area contributed by atoms with E-state index in [4.69, 9.17) is 5.11 Å². The molecule has 2 rings (SSSR count). The lowest BCUT2D eigenvalue weighted by molar-refractivity contribution is -0.137. The summed E-state index contributed by atoms with van der Waals surface area (Å²) in [5, 5.41) is 11.3. The summed E-state index contributed by atoms with van der Waals surface area (Å²) < 4.78 is 1.97. The number of nitrogens with one attached hydrogen (secondary N) is 1. The van der Waals surface area contributed by atoms with E-state index in [2.05, 4.69) is 5.32 Å². The van der Waals surface area contributed by atoms with E-state index in [9.17, 15) is 9.59 Å². The number of amides is 1. The van der Waals surface area contributed by atoms with Gasteiger partial charge in [-0.3, -0.25) is 9.59 Å². The average Bonchev–Trinajstić information content (AvgIpc) is 2.97. The third kappa shape index (κ3) is 3.95. The number of aliphatic carboxylic acids is 1. The first-order valence-corrected chi connectivity index (χ1v) is 6.82. The van der Waals surface area contributed by atoms with Gasteiger partial charge in [0.1, 0.15) is 0 Å². The van der Waals surface area contributed by atoms with Crippen LogP contribution in [-0.4, -0.2) is 28.1 Å². The number of benzene rings is 1. The summed E-state index contributed by atoms with van der Waals surface area (Å²) in [6, 6.07) is 9.51. The lowest BCUT2D eigenvalue weighted by Crippen LogP contribution is -2.25. The highest BCUT2D eigenvalue weighted by Gasteiger charge is 2.09. The molecule has 0 radical (unpaired) electrons. The smallest absolute Gasteiger partial charge is 0.303 e. The first-order chi connectivity index (χ1) is 10.1. The Balaban J connectivity index is 2.00. The molecule has 0 fully saturated rings. The van der Waals surface area contributed by atoms with E-state index in [1.54, 1.807) is 6.07 Å². The van der Waals surface area contributed by atoms with Crippen LogP contribution in [-0.2, 0) is 4.79 Å². The lowest BCUT2D eigenvalue weighted by atomic mass is 10.1. The Labute approximate surface area is 123 Å². The summed E-state index contributed by atoms with van der Waals surface area (Å²) in [6.07, 6.45) is 4.38. The Morgan fingerprint density at radius 2 is 1.95 bits per heavy atom. The number of aromatic nitrogens is 1. The minimum atomic E-state index is -0.850. The Morgan fingerprint density at radius 3 is 2.57 bits per heavy atom.